The Balaban J connectivity index is 2.64. The van der Waals surface area contributed by atoms with Gasteiger partial charge >= 0.3 is 0 Å². The number of aliphatic hydroxyl groups excluding tert-OH is 1. The molecule has 0 spiro atoms. The predicted octanol–water partition coefficient (Wildman–Crippen LogP) is 0.544. The van der Waals surface area contributed by atoms with E-state index in [2.05, 4.69) is 6.58 Å². The van der Waals surface area contributed by atoms with E-state index in [-0.39, 0.29) is 11.9 Å². The zero-order chi connectivity index (χ0) is 9.14. The monoisotopic (exact) mass is 169 g/mol. The standard InChI is InChI=1S/C9H15NO2/c1-3-6-10-7(2)4-5-8(11)9(10)12/h3,7-8,11H,1,4-6H2,2H3/t7-,8?/m1/s1. The third-order valence-electron chi connectivity index (χ3n) is 2.28. The van der Waals surface area contributed by atoms with Crippen LogP contribution in [0.3, 0.4) is 0 Å². The number of nitrogens with zero attached hydrogens (tertiary/aromatic N) is 1. The zero-order valence-electron chi connectivity index (χ0n) is 7.36. The van der Waals surface area contributed by atoms with Crippen molar-refractivity contribution < 1.29 is 9.90 Å². The molecule has 1 amide bonds. The summed E-state index contributed by atoms with van der Waals surface area (Å²) in [7, 11) is 0. The van der Waals surface area contributed by atoms with Crippen LogP contribution in [0.2, 0.25) is 0 Å². The van der Waals surface area contributed by atoms with Crippen molar-refractivity contribution in [2.45, 2.75) is 31.9 Å². The van der Waals surface area contributed by atoms with E-state index in [0.717, 1.165) is 6.42 Å². The van der Waals surface area contributed by atoms with Crippen LogP contribution >= 0.6 is 0 Å². The van der Waals surface area contributed by atoms with Gasteiger partial charge in [-0.3, -0.25) is 4.79 Å². The molecule has 0 aromatic carbocycles. The molecular formula is C9H15NO2. The van der Waals surface area contributed by atoms with Gasteiger partial charge in [-0.15, -0.1) is 6.58 Å². The molecule has 0 bridgehead atoms. The third-order valence-corrected chi connectivity index (χ3v) is 2.28. The van der Waals surface area contributed by atoms with Crippen LogP contribution in [-0.2, 0) is 4.79 Å². The highest BCUT2D eigenvalue weighted by atomic mass is 16.3. The number of amides is 1. The molecule has 3 nitrogen and oxygen atoms in total. The molecular weight excluding hydrogens is 154 g/mol. The quantitative estimate of drug-likeness (QED) is 0.613. The van der Waals surface area contributed by atoms with Gasteiger partial charge in [0.05, 0.1) is 0 Å². The second-order valence-corrected chi connectivity index (χ2v) is 3.22. The molecule has 1 aliphatic heterocycles. The normalized spacial score (nSPS) is 30.5. The number of aliphatic hydroxyl groups is 1. The second kappa shape index (κ2) is 3.72. The van der Waals surface area contributed by atoms with Crippen LogP contribution in [0, 0.1) is 0 Å². The molecule has 1 fully saturated rings. The number of carbonyl (C=O) groups is 1. The number of carbonyl (C=O) groups excluding carboxylic acids is 1. The molecule has 1 rings (SSSR count). The fourth-order valence-electron chi connectivity index (χ4n) is 1.50. The van der Waals surface area contributed by atoms with Crippen molar-refractivity contribution in [1.29, 1.82) is 0 Å². The average Bonchev–Trinajstić information content (AvgIpc) is 2.06. The Morgan fingerprint density at radius 1 is 1.75 bits per heavy atom. The Morgan fingerprint density at radius 3 is 3.00 bits per heavy atom. The number of hydrogen-bond acceptors (Lipinski definition) is 2. The van der Waals surface area contributed by atoms with Gasteiger partial charge in [0.25, 0.3) is 5.91 Å². The summed E-state index contributed by atoms with van der Waals surface area (Å²) in [5, 5.41) is 9.27. The highest BCUT2D eigenvalue weighted by Gasteiger charge is 2.30. The van der Waals surface area contributed by atoms with Crippen LogP contribution in [0.4, 0.5) is 0 Å². The largest absolute Gasteiger partial charge is 0.383 e. The van der Waals surface area contributed by atoms with Crippen LogP contribution in [-0.4, -0.2) is 34.6 Å². The molecule has 0 aliphatic carbocycles. The Morgan fingerprint density at radius 2 is 2.42 bits per heavy atom. The van der Waals surface area contributed by atoms with Gasteiger partial charge in [0.1, 0.15) is 6.10 Å². The first-order chi connectivity index (χ1) is 5.66. The highest BCUT2D eigenvalue weighted by molar-refractivity contribution is 5.81. The Bertz CT molecular complexity index is 191. The van der Waals surface area contributed by atoms with Gasteiger partial charge in [-0.2, -0.15) is 0 Å². The van der Waals surface area contributed by atoms with Gasteiger partial charge in [-0.05, 0) is 19.8 Å². The van der Waals surface area contributed by atoms with Crippen LogP contribution in [0.1, 0.15) is 19.8 Å². The number of likely N-dealkylation sites (tertiary alicyclic amines) is 1. The first kappa shape index (κ1) is 9.26. The van der Waals surface area contributed by atoms with Crippen LogP contribution < -0.4 is 0 Å². The molecule has 2 atom stereocenters. The number of piperidine rings is 1. The van der Waals surface area contributed by atoms with Crippen molar-refractivity contribution in [2.75, 3.05) is 6.54 Å². The van der Waals surface area contributed by atoms with Crippen LogP contribution in [0.25, 0.3) is 0 Å². The van der Waals surface area contributed by atoms with Gasteiger partial charge in [0.2, 0.25) is 0 Å². The van der Waals surface area contributed by atoms with Crippen molar-refractivity contribution >= 4 is 5.91 Å². The first-order valence-corrected chi connectivity index (χ1v) is 4.26. The summed E-state index contributed by atoms with van der Waals surface area (Å²) in [4.78, 5) is 13.0. The summed E-state index contributed by atoms with van der Waals surface area (Å²) < 4.78 is 0. The molecule has 0 aromatic heterocycles. The Kier molecular flexibility index (Phi) is 2.87. The van der Waals surface area contributed by atoms with Gasteiger partial charge in [0, 0.05) is 12.6 Å². The summed E-state index contributed by atoms with van der Waals surface area (Å²) in [6.07, 6.45) is 2.36. The Labute approximate surface area is 72.7 Å². The van der Waals surface area contributed by atoms with E-state index in [1.165, 1.54) is 0 Å². The molecule has 1 heterocycles. The van der Waals surface area contributed by atoms with E-state index in [9.17, 15) is 9.90 Å². The molecule has 1 unspecified atom stereocenters. The minimum Gasteiger partial charge on any atom is -0.383 e. The predicted molar refractivity (Wildman–Crippen MR) is 46.6 cm³/mol. The molecule has 1 saturated heterocycles. The van der Waals surface area contributed by atoms with E-state index in [1.54, 1.807) is 11.0 Å². The number of hydrogen-bond donors (Lipinski definition) is 1. The summed E-state index contributed by atoms with van der Waals surface area (Å²) in [5.41, 5.74) is 0. The zero-order valence-corrected chi connectivity index (χ0v) is 7.36. The van der Waals surface area contributed by atoms with Crippen molar-refractivity contribution in [1.82, 2.24) is 4.90 Å². The minimum atomic E-state index is -0.791. The summed E-state index contributed by atoms with van der Waals surface area (Å²) in [6.45, 7) is 6.11. The van der Waals surface area contributed by atoms with E-state index in [4.69, 9.17) is 0 Å². The lowest BCUT2D eigenvalue weighted by atomic mass is 10.0. The van der Waals surface area contributed by atoms with Crippen molar-refractivity contribution in [3.8, 4) is 0 Å². The Hall–Kier alpha value is -0.830. The van der Waals surface area contributed by atoms with Gasteiger partial charge in [-0.1, -0.05) is 6.08 Å². The fraction of sp³-hybridized carbons (Fsp3) is 0.667. The van der Waals surface area contributed by atoms with E-state index in [0.29, 0.717) is 13.0 Å². The van der Waals surface area contributed by atoms with Crippen LogP contribution in [0.15, 0.2) is 12.7 Å². The minimum absolute atomic E-state index is 0.159. The second-order valence-electron chi connectivity index (χ2n) is 3.22. The summed E-state index contributed by atoms with van der Waals surface area (Å²) >= 11 is 0. The maximum absolute atomic E-state index is 11.4. The van der Waals surface area contributed by atoms with Crippen LogP contribution in [0.5, 0.6) is 0 Å². The van der Waals surface area contributed by atoms with Crippen molar-refractivity contribution in [3.63, 3.8) is 0 Å². The van der Waals surface area contributed by atoms with Gasteiger partial charge in [-0.25, -0.2) is 0 Å². The fourth-order valence-corrected chi connectivity index (χ4v) is 1.50. The average molecular weight is 169 g/mol. The SMILES string of the molecule is C=CCN1C(=O)C(O)CC[C@H]1C. The molecule has 68 valence electrons. The maximum atomic E-state index is 11.4. The molecule has 0 aromatic rings. The topological polar surface area (TPSA) is 40.5 Å². The lowest BCUT2D eigenvalue weighted by Crippen LogP contribution is -2.48. The smallest absolute Gasteiger partial charge is 0.251 e. The van der Waals surface area contributed by atoms with E-state index >= 15 is 0 Å². The first-order valence-electron chi connectivity index (χ1n) is 4.26. The van der Waals surface area contributed by atoms with Crippen molar-refractivity contribution in [3.05, 3.63) is 12.7 Å². The third kappa shape index (κ3) is 1.67. The lowest BCUT2D eigenvalue weighted by Gasteiger charge is -2.34. The summed E-state index contributed by atoms with van der Waals surface area (Å²) in [5.74, 6) is -0.159. The lowest BCUT2D eigenvalue weighted by molar-refractivity contribution is -0.146. The molecule has 12 heavy (non-hydrogen) atoms. The molecule has 1 aliphatic rings. The van der Waals surface area contributed by atoms with E-state index < -0.39 is 6.10 Å². The highest BCUT2D eigenvalue weighted by Crippen LogP contribution is 2.17. The number of rotatable bonds is 2. The molecule has 3 heteroatoms. The molecule has 1 N–H and O–H groups in total. The summed E-state index contributed by atoms with van der Waals surface area (Å²) in [6, 6.07) is 0.235. The molecule has 0 radical (unpaired) electrons. The molecule has 0 saturated carbocycles. The van der Waals surface area contributed by atoms with Gasteiger partial charge in [0.15, 0.2) is 0 Å². The van der Waals surface area contributed by atoms with Gasteiger partial charge < -0.3 is 10.0 Å². The van der Waals surface area contributed by atoms with E-state index in [1.807, 2.05) is 6.92 Å². The maximum Gasteiger partial charge on any atom is 0.251 e. The van der Waals surface area contributed by atoms with Crippen molar-refractivity contribution in [2.24, 2.45) is 0 Å².